The van der Waals surface area contributed by atoms with Crippen LogP contribution in [-0.4, -0.2) is 46.9 Å². The number of aliphatic hydroxyl groups excluding tert-OH is 1. The summed E-state index contributed by atoms with van der Waals surface area (Å²) in [4.78, 5) is 21.9. The van der Waals surface area contributed by atoms with Crippen LogP contribution in [0.4, 0.5) is 10.2 Å². The zero-order valence-corrected chi connectivity index (χ0v) is 19.7. The Morgan fingerprint density at radius 2 is 2.06 bits per heavy atom. The van der Waals surface area contributed by atoms with Crippen molar-refractivity contribution in [3.63, 3.8) is 0 Å². The summed E-state index contributed by atoms with van der Waals surface area (Å²) in [6.07, 6.45) is 7.21. The number of carbonyl (C=O) groups is 1. The molecule has 0 aliphatic heterocycles. The molecule has 1 aromatic carbocycles. The van der Waals surface area contributed by atoms with E-state index in [1.807, 2.05) is 18.4 Å². The second kappa shape index (κ2) is 8.70. The highest BCUT2D eigenvalue weighted by atomic mass is 19.1. The summed E-state index contributed by atoms with van der Waals surface area (Å²) >= 11 is 0. The number of nitrogens with one attached hydrogen (secondary N) is 1. The fourth-order valence-electron chi connectivity index (χ4n) is 3.86. The van der Waals surface area contributed by atoms with Crippen LogP contribution in [0.3, 0.4) is 0 Å². The molecule has 5 rings (SSSR count). The molecule has 3 aromatic heterocycles. The zero-order chi connectivity index (χ0) is 24.7. The number of nitrogens with zero attached hydrogens (tertiary/aromatic N) is 6. The Labute approximate surface area is 201 Å². The Balaban J connectivity index is 1.42. The van der Waals surface area contributed by atoms with Crippen LogP contribution in [0, 0.1) is 12.7 Å². The number of benzene rings is 1. The van der Waals surface area contributed by atoms with Crippen molar-refractivity contribution in [1.29, 1.82) is 0 Å². The van der Waals surface area contributed by atoms with Gasteiger partial charge in [-0.1, -0.05) is 19.9 Å². The SMILES string of the molecule is Cc1cc(F)c(C(=O)Nc2cccc(-c3nncn3C3CC3)n2)cc1-n1cnc(C(C)(C)CO)c1. The van der Waals surface area contributed by atoms with E-state index in [1.165, 1.54) is 12.1 Å². The average molecular weight is 476 g/mol. The standard InChI is InChI=1S/C25H26FN7O2/c1-15-9-18(26)17(10-20(15)32-11-21(27-13-32)25(2,3)12-34)24(35)30-22-6-4-5-19(29-22)23-31-28-14-33(23)16-7-8-16/h4-6,9-11,13-14,16,34H,7-8,12H2,1-3H3,(H,29,30,35). The Hall–Kier alpha value is -3.92. The lowest BCUT2D eigenvalue weighted by atomic mass is 9.91. The number of imidazole rings is 1. The summed E-state index contributed by atoms with van der Waals surface area (Å²) in [6, 6.07) is 8.40. The number of carbonyl (C=O) groups excluding carboxylic acids is 1. The maximum atomic E-state index is 14.8. The normalized spacial score (nSPS) is 13.7. The minimum atomic E-state index is -0.635. The van der Waals surface area contributed by atoms with Crippen LogP contribution in [0.25, 0.3) is 17.2 Å². The van der Waals surface area contributed by atoms with Gasteiger partial charge in [0.2, 0.25) is 0 Å². The summed E-state index contributed by atoms with van der Waals surface area (Å²) in [7, 11) is 0. The van der Waals surface area contributed by atoms with Gasteiger partial charge in [-0.25, -0.2) is 14.4 Å². The molecule has 0 bridgehead atoms. The largest absolute Gasteiger partial charge is 0.395 e. The van der Waals surface area contributed by atoms with E-state index < -0.39 is 17.1 Å². The van der Waals surface area contributed by atoms with E-state index in [1.54, 1.807) is 48.5 Å². The van der Waals surface area contributed by atoms with E-state index in [2.05, 4.69) is 25.5 Å². The molecule has 180 valence electrons. The molecule has 2 N–H and O–H groups in total. The van der Waals surface area contributed by atoms with Crippen molar-refractivity contribution in [2.24, 2.45) is 0 Å². The lowest BCUT2D eigenvalue weighted by Crippen LogP contribution is -2.22. The Kier molecular flexibility index (Phi) is 5.68. The minimum absolute atomic E-state index is 0.0664. The van der Waals surface area contributed by atoms with E-state index in [9.17, 15) is 14.3 Å². The smallest absolute Gasteiger partial charge is 0.259 e. The number of pyridine rings is 1. The monoisotopic (exact) mass is 475 g/mol. The van der Waals surface area contributed by atoms with Crippen molar-refractivity contribution >= 4 is 11.7 Å². The minimum Gasteiger partial charge on any atom is -0.395 e. The molecule has 0 saturated heterocycles. The van der Waals surface area contributed by atoms with Crippen LogP contribution >= 0.6 is 0 Å². The molecule has 10 heteroatoms. The summed E-state index contributed by atoms with van der Waals surface area (Å²) < 4.78 is 18.5. The lowest BCUT2D eigenvalue weighted by molar-refractivity contribution is 0.102. The summed E-state index contributed by atoms with van der Waals surface area (Å²) in [6.45, 7) is 5.45. The second-order valence-corrected chi connectivity index (χ2v) is 9.48. The number of hydrogen-bond acceptors (Lipinski definition) is 6. The van der Waals surface area contributed by atoms with Crippen LogP contribution in [0.15, 0.2) is 49.2 Å². The summed E-state index contributed by atoms with van der Waals surface area (Å²) in [5.74, 6) is -0.333. The van der Waals surface area contributed by atoms with Gasteiger partial charge in [-0.05, 0) is 49.6 Å². The number of aryl methyl sites for hydroxylation is 1. The van der Waals surface area contributed by atoms with E-state index in [0.717, 1.165) is 12.8 Å². The molecular formula is C25H26FN7O2. The summed E-state index contributed by atoms with van der Waals surface area (Å²) in [5.41, 5.74) is 1.88. The van der Waals surface area contributed by atoms with Crippen molar-refractivity contribution in [1.82, 2.24) is 29.3 Å². The first-order valence-corrected chi connectivity index (χ1v) is 11.4. The Bertz CT molecular complexity index is 1400. The van der Waals surface area contributed by atoms with Crippen LogP contribution in [0.1, 0.15) is 54.3 Å². The highest BCUT2D eigenvalue weighted by molar-refractivity contribution is 6.04. The van der Waals surface area contributed by atoms with Crippen LogP contribution < -0.4 is 5.32 Å². The van der Waals surface area contributed by atoms with E-state index in [0.29, 0.717) is 34.5 Å². The highest BCUT2D eigenvalue weighted by Gasteiger charge is 2.27. The van der Waals surface area contributed by atoms with Crippen LogP contribution in [-0.2, 0) is 5.41 Å². The molecule has 0 radical (unpaired) electrons. The fourth-order valence-corrected chi connectivity index (χ4v) is 3.86. The second-order valence-electron chi connectivity index (χ2n) is 9.48. The van der Waals surface area contributed by atoms with Gasteiger partial charge in [0.1, 0.15) is 23.7 Å². The molecular weight excluding hydrogens is 449 g/mol. The first-order chi connectivity index (χ1) is 16.8. The van der Waals surface area contributed by atoms with E-state index >= 15 is 0 Å². The van der Waals surface area contributed by atoms with Crippen molar-refractivity contribution in [2.45, 2.75) is 45.1 Å². The highest BCUT2D eigenvalue weighted by Crippen LogP contribution is 2.37. The molecule has 9 nitrogen and oxygen atoms in total. The van der Waals surface area contributed by atoms with Crippen molar-refractivity contribution in [3.05, 3.63) is 71.8 Å². The quantitative estimate of drug-likeness (QED) is 0.420. The number of halogens is 1. The Morgan fingerprint density at radius 1 is 1.26 bits per heavy atom. The molecule has 1 fully saturated rings. The maximum Gasteiger partial charge on any atom is 0.259 e. The van der Waals surface area contributed by atoms with Gasteiger partial charge in [-0.2, -0.15) is 0 Å². The Morgan fingerprint density at radius 3 is 2.80 bits per heavy atom. The maximum absolute atomic E-state index is 14.8. The molecule has 3 heterocycles. The van der Waals surface area contributed by atoms with Gasteiger partial charge in [0.15, 0.2) is 5.82 Å². The molecule has 0 unspecified atom stereocenters. The molecule has 4 aromatic rings. The van der Waals surface area contributed by atoms with E-state index in [-0.39, 0.29) is 18.0 Å². The number of amides is 1. The lowest BCUT2D eigenvalue weighted by Gasteiger charge is -2.18. The first kappa shape index (κ1) is 22.9. The van der Waals surface area contributed by atoms with Crippen LogP contribution in [0.2, 0.25) is 0 Å². The molecule has 1 amide bonds. The first-order valence-electron chi connectivity index (χ1n) is 11.4. The topological polar surface area (TPSA) is 111 Å². The fraction of sp³-hybridized carbons (Fsp3) is 0.320. The molecule has 0 atom stereocenters. The zero-order valence-electron chi connectivity index (χ0n) is 19.7. The van der Waals surface area contributed by atoms with E-state index in [4.69, 9.17) is 0 Å². The molecule has 35 heavy (non-hydrogen) atoms. The van der Waals surface area contributed by atoms with Crippen molar-refractivity contribution < 1.29 is 14.3 Å². The van der Waals surface area contributed by atoms with Gasteiger partial charge in [0.05, 0.1) is 29.9 Å². The molecule has 1 aliphatic rings. The number of hydrogen-bond donors (Lipinski definition) is 2. The molecule has 1 aliphatic carbocycles. The summed E-state index contributed by atoms with van der Waals surface area (Å²) in [5, 5.41) is 20.5. The predicted molar refractivity (Wildman–Crippen MR) is 128 cm³/mol. The average Bonchev–Trinajstić information content (AvgIpc) is 3.34. The number of aromatic nitrogens is 6. The van der Waals surface area contributed by atoms with Gasteiger partial charge in [-0.15, -0.1) is 10.2 Å². The number of anilines is 1. The third kappa shape index (κ3) is 4.44. The third-order valence-electron chi connectivity index (χ3n) is 6.21. The predicted octanol–water partition coefficient (Wildman–Crippen LogP) is 3.83. The van der Waals surface area contributed by atoms with Gasteiger partial charge < -0.3 is 19.6 Å². The third-order valence-corrected chi connectivity index (χ3v) is 6.21. The van der Waals surface area contributed by atoms with Gasteiger partial charge in [0.25, 0.3) is 5.91 Å². The molecule has 0 spiro atoms. The van der Waals surface area contributed by atoms with Crippen molar-refractivity contribution in [2.75, 3.05) is 11.9 Å². The van der Waals surface area contributed by atoms with Gasteiger partial charge in [-0.3, -0.25) is 4.79 Å². The van der Waals surface area contributed by atoms with Gasteiger partial charge >= 0.3 is 0 Å². The van der Waals surface area contributed by atoms with Crippen LogP contribution in [0.5, 0.6) is 0 Å². The van der Waals surface area contributed by atoms with Gasteiger partial charge in [0, 0.05) is 17.7 Å². The number of aliphatic hydroxyl groups is 1. The molecule has 1 saturated carbocycles. The number of rotatable bonds is 7. The van der Waals surface area contributed by atoms with Crippen molar-refractivity contribution in [3.8, 4) is 17.2 Å².